The van der Waals surface area contributed by atoms with Gasteiger partial charge >= 0.3 is 0 Å². The third kappa shape index (κ3) is 11.8. The molecule has 0 bridgehead atoms. The Balaban J connectivity index is 4.46. The SMILES string of the molecule is C/C(=C\C=C(/CC/C(C)=C/CCC(C)O)C(C)C)CCCO. The predicted octanol–water partition coefficient (Wildman–Crippen LogP) is 5.18. The first-order valence-electron chi connectivity index (χ1n) is 8.67. The summed E-state index contributed by atoms with van der Waals surface area (Å²) in [5.41, 5.74) is 4.22. The lowest BCUT2D eigenvalue weighted by atomic mass is 9.95. The molecule has 2 heteroatoms. The van der Waals surface area contributed by atoms with Gasteiger partial charge in [-0.25, -0.2) is 0 Å². The van der Waals surface area contributed by atoms with Gasteiger partial charge in [-0.15, -0.1) is 0 Å². The van der Waals surface area contributed by atoms with Gasteiger partial charge in [-0.1, -0.05) is 48.8 Å². The normalized spacial score (nSPS) is 15.5. The van der Waals surface area contributed by atoms with Gasteiger partial charge in [-0.05, 0) is 65.2 Å². The molecular weight excluding hydrogens is 272 g/mol. The zero-order chi connectivity index (χ0) is 17.0. The molecule has 0 amide bonds. The molecule has 22 heavy (non-hydrogen) atoms. The minimum Gasteiger partial charge on any atom is -0.396 e. The summed E-state index contributed by atoms with van der Waals surface area (Å²) in [4.78, 5) is 0. The standard InChI is InChI=1S/C20H36O2/c1-16(2)20(14-12-18(4)9-7-15-21)13-11-17(3)8-6-10-19(5)22/h8,12,14,16,19,21-22H,6-7,9-11,13,15H2,1-5H3/b17-8+,18-12+,20-14+. The number of rotatable bonds is 11. The molecule has 0 saturated heterocycles. The minimum absolute atomic E-state index is 0.206. The average Bonchev–Trinajstić information content (AvgIpc) is 2.44. The van der Waals surface area contributed by atoms with E-state index in [2.05, 4.69) is 45.9 Å². The zero-order valence-electron chi connectivity index (χ0n) is 15.2. The largest absolute Gasteiger partial charge is 0.396 e. The summed E-state index contributed by atoms with van der Waals surface area (Å²) >= 11 is 0. The van der Waals surface area contributed by atoms with Crippen molar-refractivity contribution in [3.63, 3.8) is 0 Å². The van der Waals surface area contributed by atoms with Crippen molar-refractivity contribution in [1.82, 2.24) is 0 Å². The highest BCUT2D eigenvalue weighted by Gasteiger charge is 2.03. The van der Waals surface area contributed by atoms with Crippen molar-refractivity contribution in [2.45, 2.75) is 79.2 Å². The van der Waals surface area contributed by atoms with E-state index in [-0.39, 0.29) is 12.7 Å². The van der Waals surface area contributed by atoms with Crippen LogP contribution < -0.4 is 0 Å². The molecule has 0 aliphatic heterocycles. The fraction of sp³-hybridized carbons (Fsp3) is 0.700. The molecule has 0 aromatic heterocycles. The van der Waals surface area contributed by atoms with Gasteiger partial charge in [-0.2, -0.15) is 0 Å². The zero-order valence-corrected chi connectivity index (χ0v) is 15.2. The third-order valence-corrected chi connectivity index (χ3v) is 3.94. The van der Waals surface area contributed by atoms with Crippen molar-refractivity contribution in [3.8, 4) is 0 Å². The van der Waals surface area contributed by atoms with Gasteiger partial charge in [0.2, 0.25) is 0 Å². The Bertz CT molecular complexity index is 373. The molecular formula is C20H36O2. The van der Waals surface area contributed by atoms with Crippen LogP contribution in [0.2, 0.25) is 0 Å². The molecule has 0 heterocycles. The molecule has 0 aliphatic rings. The summed E-state index contributed by atoms with van der Waals surface area (Å²) in [7, 11) is 0. The molecule has 128 valence electrons. The van der Waals surface area contributed by atoms with Gasteiger partial charge in [0, 0.05) is 6.61 Å². The van der Waals surface area contributed by atoms with Crippen LogP contribution in [0.5, 0.6) is 0 Å². The smallest absolute Gasteiger partial charge is 0.0515 e. The first-order valence-corrected chi connectivity index (χ1v) is 8.67. The maximum absolute atomic E-state index is 9.28. The van der Waals surface area contributed by atoms with E-state index in [4.69, 9.17) is 5.11 Å². The molecule has 0 aliphatic carbocycles. The van der Waals surface area contributed by atoms with E-state index < -0.39 is 0 Å². The molecule has 2 nitrogen and oxygen atoms in total. The number of allylic oxidation sites excluding steroid dienone is 6. The highest BCUT2D eigenvalue weighted by atomic mass is 16.3. The van der Waals surface area contributed by atoms with Gasteiger partial charge in [0.05, 0.1) is 6.10 Å². The Morgan fingerprint density at radius 2 is 1.64 bits per heavy atom. The molecule has 0 fully saturated rings. The number of hydrogen-bond donors (Lipinski definition) is 2. The highest BCUT2D eigenvalue weighted by Crippen LogP contribution is 2.20. The van der Waals surface area contributed by atoms with Crippen molar-refractivity contribution in [1.29, 1.82) is 0 Å². The Kier molecular flexibility index (Phi) is 12.2. The van der Waals surface area contributed by atoms with Crippen molar-refractivity contribution in [2.24, 2.45) is 5.92 Å². The fourth-order valence-corrected chi connectivity index (χ4v) is 2.27. The van der Waals surface area contributed by atoms with E-state index in [9.17, 15) is 5.11 Å². The van der Waals surface area contributed by atoms with Gasteiger partial charge < -0.3 is 10.2 Å². The molecule has 0 saturated carbocycles. The molecule has 0 spiro atoms. The van der Waals surface area contributed by atoms with E-state index in [1.165, 1.54) is 16.7 Å². The monoisotopic (exact) mass is 308 g/mol. The van der Waals surface area contributed by atoms with Crippen molar-refractivity contribution in [3.05, 3.63) is 34.9 Å². The van der Waals surface area contributed by atoms with E-state index >= 15 is 0 Å². The summed E-state index contributed by atoms with van der Waals surface area (Å²) in [5, 5.41) is 18.1. The van der Waals surface area contributed by atoms with E-state index in [1.54, 1.807) is 0 Å². The summed E-state index contributed by atoms with van der Waals surface area (Å²) in [6, 6.07) is 0. The molecule has 0 aromatic carbocycles. The summed E-state index contributed by atoms with van der Waals surface area (Å²) in [6.07, 6.45) is 12.3. The maximum Gasteiger partial charge on any atom is 0.0515 e. The lowest BCUT2D eigenvalue weighted by molar-refractivity contribution is 0.186. The lowest BCUT2D eigenvalue weighted by Crippen LogP contribution is -1.98. The summed E-state index contributed by atoms with van der Waals surface area (Å²) < 4.78 is 0. The highest BCUT2D eigenvalue weighted by molar-refractivity contribution is 5.19. The van der Waals surface area contributed by atoms with Crippen LogP contribution in [-0.2, 0) is 0 Å². The molecule has 0 radical (unpaired) electrons. The van der Waals surface area contributed by atoms with Crippen LogP contribution >= 0.6 is 0 Å². The maximum atomic E-state index is 9.28. The quantitative estimate of drug-likeness (QED) is 0.408. The summed E-state index contributed by atoms with van der Waals surface area (Å²) in [5.74, 6) is 0.562. The van der Waals surface area contributed by atoms with Crippen LogP contribution in [0.25, 0.3) is 0 Å². The van der Waals surface area contributed by atoms with Crippen molar-refractivity contribution >= 4 is 0 Å². The first kappa shape index (κ1) is 21.1. The van der Waals surface area contributed by atoms with Crippen LogP contribution in [0.4, 0.5) is 0 Å². The second kappa shape index (κ2) is 12.7. The number of aliphatic hydroxyl groups is 2. The van der Waals surface area contributed by atoms with Crippen molar-refractivity contribution < 1.29 is 10.2 Å². The van der Waals surface area contributed by atoms with Gasteiger partial charge in [0.1, 0.15) is 0 Å². The number of aliphatic hydroxyl groups excluding tert-OH is 2. The number of hydrogen-bond acceptors (Lipinski definition) is 2. The average molecular weight is 309 g/mol. The van der Waals surface area contributed by atoms with Gasteiger partial charge in [0.25, 0.3) is 0 Å². The van der Waals surface area contributed by atoms with Crippen molar-refractivity contribution in [2.75, 3.05) is 6.61 Å². The summed E-state index contributed by atoms with van der Waals surface area (Å²) in [6.45, 7) is 10.9. The van der Waals surface area contributed by atoms with Crippen LogP contribution in [0.3, 0.4) is 0 Å². The predicted molar refractivity (Wildman–Crippen MR) is 96.9 cm³/mol. The molecule has 1 atom stereocenters. The molecule has 0 aromatic rings. The molecule has 1 unspecified atom stereocenters. The fourth-order valence-electron chi connectivity index (χ4n) is 2.27. The first-order chi connectivity index (χ1) is 10.4. The van der Waals surface area contributed by atoms with E-state index in [0.29, 0.717) is 5.92 Å². The topological polar surface area (TPSA) is 40.5 Å². The Hall–Kier alpha value is -0.860. The Morgan fingerprint density at radius 1 is 0.955 bits per heavy atom. The van der Waals surface area contributed by atoms with Gasteiger partial charge in [0.15, 0.2) is 0 Å². The molecule has 0 rings (SSSR count). The molecule has 2 N–H and O–H groups in total. The Morgan fingerprint density at radius 3 is 2.18 bits per heavy atom. The van der Waals surface area contributed by atoms with Gasteiger partial charge in [-0.3, -0.25) is 0 Å². The van der Waals surface area contributed by atoms with E-state index in [0.717, 1.165) is 38.5 Å². The lowest BCUT2D eigenvalue weighted by Gasteiger charge is -2.11. The minimum atomic E-state index is -0.206. The van der Waals surface area contributed by atoms with Crippen LogP contribution in [-0.4, -0.2) is 22.9 Å². The van der Waals surface area contributed by atoms with E-state index in [1.807, 2.05) is 6.92 Å². The Labute approximate surface area is 137 Å². The van der Waals surface area contributed by atoms with Crippen LogP contribution in [0, 0.1) is 5.92 Å². The van der Waals surface area contributed by atoms with Crippen LogP contribution in [0.15, 0.2) is 34.9 Å². The van der Waals surface area contributed by atoms with Crippen LogP contribution in [0.1, 0.15) is 73.1 Å². The third-order valence-electron chi connectivity index (χ3n) is 3.94. The second-order valence-electron chi connectivity index (χ2n) is 6.71. The second-order valence-corrected chi connectivity index (χ2v) is 6.71.